The van der Waals surface area contributed by atoms with E-state index in [-0.39, 0.29) is 30.3 Å². The number of methoxy groups -OCH3 is 1. The van der Waals surface area contributed by atoms with Crippen molar-refractivity contribution in [1.82, 2.24) is 10.2 Å². The van der Waals surface area contributed by atoms with Crippen LogP contribution < -0.4 is 15.4 Å². The van der Waals surface area contributed by atoms with Crippen molar-refractivity contribution in [2.45, 2.75) is 82.7 Å². The van der Waals surface area contributed by atoms with Crippen molar-refractivity contribution in [1.29, 1.82) is 0 Å². The van der Waals surface area contributed by atoms with Crippen LogP contribution in [0.5, 0.6) is 5.75 Å². The van der Waals surface area contributed by atoms with Gasteiger partial charge in [0.2, 0.25) is 17.7 Å². The van der Waals surface area contributed by atoms with Crippen LogP contribution >= 0.6 is 0 Å². The number of ether oxygens (including phenoxy) is 2. The number of fused-ring (bicyclic) bond motifs is 1. The summed E-state index contributed by atoms with van der Waals surface area (Å²) in [5.41, 5.74) is 1.49. The summed E-state index contributed by atoms with van der Waals surface area (Å²) in [7, 11) is 1.60. The van der Waals surface area contributed by atoms with Crippen LogP contribution in [-0.2, 0) is 25.7 Å². The molecular formula is C34H41N3O5. The molecule has 4 aliphatic rings. The standard InChI is InChI=1S/C34H41N3O5/c1-20(2)23-12-14-24(15-13-23)35-31(38)28-27-16-17-34(42-27)29(28)33(40)37(19-22-9-7-10-25(18-22)41-4)30(34)32(39)36-26-11-6-5-8-21(26)3/h7,9-10,12-18,20-21,26-30H,5-6,8,11,19H2,1-4H3,(H,35,38)(H,36,39)/t21-,26-,27+,28-,29+,30+,34+/m1/s1. The van der Waals surface area contributed by atoms with Gasteiger partial charge in [-0.05, 0) is 60.1 Å². The molecule has 7 atom stereocenters. The molecule has 2 N–H and O–H groups in total. The highest BCUT2D eigenvalue weighted by atomic mass is 16.5. The van der Waals surface area contributed by atoms with Gasteiger partial charge in [-0.1, -0.05) is 70.0 Å². The lowest BCUT2D eigenvalue weighted by molar-refractivity contribution is -0.142. The molecule has 3 heterocycles. The highest BCUT2D eigenvalue weighted by molar-refractivity contribution is 6.02. The summed E-state index contributed by atoms with van der Waals surface area (Å²) >= 11 is 0. The zero-order chi connectivity index (χ0) is 29.6. The first-order chi connectivity index (χ1) is 20.2. The van der Waals surface area contributed by atoms with E-state index in [9.17, 15) is 14.4 Å². The number of likely N-dealkylation sites (tertiary alicyclic amines) is 1. The van der Waals surface area contributed by atoms with E-state index in [0.717, 1.165) is 31.2 Å². The van der Waals surface area contributed by atoms with Crippen LogP contribution in [0.3, 0.4) is 0 Å². The SMILES string of the molecule is COc1cccc(CN2C(=O)[C@@H]3[C@H](C(=O)Nc4ccc(C(C)C)cc4)[C@@H]4C=C[C@@]3(O4)[C@@H]2C(=O)N[C@@H]2CCCC[C@H]2C)c1. The molecule has 3 fully saturated rings. The first-order valence-corrected chi connectivity index (χ1v) is 15.2. The van der Waals surface area contributed by atoms with Crippen LogP contribution in [-0.4, -0.2) is 53.5 Å². The van der Waals surface area contributed by atoms with Gasteiger partial charge >= 0.3 is 0 Å². The van der Waals surface area contributed by atoms with Gasteiger partial charge in [-0.3, -0.25) is 14.4 Å². The number of amides is 3. The van der Waals surface area contributed by atoms with Crippen LogP contribution in [0.25, 0.3) is 0 Å². The molecule has 1 saturated carbocycles. The van der Waals surface area contributed by atoms with Crippen molar-refractivity contribution in [3.63, 3.8) is 0 Å². The molecule has 2 bridgehead atoms. The Morgan fingerprint density at radius 1 is 1.10 bits per heavy atom. The second-order valence-electron chi connectivity index (χ2n) is 12.7. The molecule has 3 amide bonds. The Hall–Kier alpha value is -3.65. The molecular weight excluding hydrogens is 530 g/mol. The fraction of sp³-hybridized carbons (Fsp3) is 0.500. The Labute approximate surface area is 247 Å². The molecule has 8 nitrogen and oxygen atoms in total. The summed E-state index contributed by atoms with van der Waals surface area (Å²) in [6.45, 7) is 6.62. The summed E-state index contributed by atoms with van der Waals surface area (Å²) in [5.74, 6) is -0.862. The zero-order valence-corrected chi connectivity index (χ0v) is 24.8. The summed E-state index contributed by atoms with van der Waals surface area (Å²) in [5, 5.41) is 6.31. The van der Waals surface area contributed by atoms with Gasteiger partial charge in [0.25, 0.3) is 0 Å². The van der Waals surface area contributed by atoms with E-state index in [1.807, 2.05) is 60.7 Å². The summed E-state index contributed by atoms with van der Waals surface area (Å²) in [6.07, 6.45) is 7.36. The average Bonchev–Trinajstić information content (AvgIpc) is 3.62. The van der Waals surface area contributed by atoms with Gasteiger partial charge in [-0.2, -0.15) is 0 Å². The van der Waals surface area contributed by atoms with Crippen molar-refractivity contribution in [2.75, 3.05) is 12.4 Å². The van der Waals surface area contributed by atoms with Crippen LogP contribution in [0.1, 0.15) is 63.5 Å². The van der Waals surface area contributed by atoms with E-state index in [1.54, 1.807) is 12.0 Å². The maximum absolute atomic E-state index is 14.3. The molecule has 0 aromatic heterocycles. The fourth-order valence-electron chi connectivity index (χ4n) is 7.37. The van der Waals surface area contributed by atoms with Gasteiger partial charge in [-0.15, -0.1) is 0 Å². The molecule has 42 heavy (non-hydrogen) atoms. The monoisotopic (exact) mass is 571 g/mol. The summed E-state index contributed by atoms with van der Waals surface area (Å²) < 4.78 is 11.9. The van der Waals surface area contributed by atoms with Gasteiger partial charge in [-0.25, -0.2) is 0 Å². The van der Waals surface area contributed by atoms with E-state index in [0.29, 0.717) is 23.3 Å². The molecule has 222 valence electrons. The van der Waals surface area contributed by atoms with Crippen molar-refractivity contribution < 1.29 is 23.9 Å². The van der Waals surface area contributed by atoms with Crippen LogP contribution in [0.15, 0.2) is 60.7 Å². The quantitative estimate of drug-likeness (QED) is 0.444. The largest absolute Gasteiger partial charge is 0.497 e. The lowest BCUT2D eigenvalue weighted by Crippen LogP contribution is -2.57. The number of carbonyl (C=O) groups excluding carboxylic acids is 3. The van der Waals surface area contributed by atoms with E-state index in [1.165, 1.54) is 5.56 Å². The minimum Gasteiger partial charge on any atom is -0.497 e. The molecule has 0 unspecified atom stereocenters. The third-order valence-electron chi connectivity index (χ3n) is 9.70. The Bertz CT molecular complexity index is 1390. The van der Waals surface area contributed by atoms with Crippen LogP contribution in [0.4, 0.5) is 5.69 Å². The van der Waals surface area contributed by atoms with Crippen molar-refractivity contribution in [2.24, 2.45) is 17.8 Å². The molecule has 1 aliphatic carbocycles. The smallest absolute Gasteiger partial charge is 0.246 e. The first-order valence-electron chi connectivity index (χ1n) is 15.2. The maximum Gasteiger partial charge on any atom is 0.246 e. The second kappa shape index (κ2) is 11.2. The van der Waals surface area contributed by atoms with Gasteiger partial charge in [0, 0.05) is 18.3 Å². The van der Waals surface area contributed by atoms with Crippen LogP contribution in [0, 0.1) is 17.8 Å². The molecule has 0 radical (unpaired) electrons. The summed E-state index contributed by atoms with van der Waals surface area (Å²) in [4.78, 5) is 43.9. The third kappa shape index (κ3) is 4.89. The van der Waals surface area contributed by atoms with Gasteiger partial charge < -0.3 is 25.0 Å². The third-order valence-corrected chi connectivity index (χ3v) is 9.70. The number of anilines is 1. The average molecular weight is 572 g/mol. The number of nitrogens with one attached hydrogen (secondary N) is 2. The predicted molar refractivity (Wildman–Crippen MR) is 160 cm³/mol. The molecule has 6 rings (SSSR count). The first kappa shape index (κ1) is 28.5. The Morgan fingerprint density at radius 2 is 1.86 bits per heavy atom. The second-order valence-corrected chi connectivity index (χ2v) is 12.7. The molecule has 2 aromatic carbocycles. The number of rotatable bonds is 8. The Kier molecular flexibility index (Phi) is 7.60. The highest BCUT2D eigenvalue weighted by Gasteiger charge is 2.72. The van der Waals surface area contributed by atoms with E-state index in [4.69, 9.17) is 9.47 Å². The number of benzene rings is 2. The molecule has 2 aromatic rings. The summed E-state index contributed by atoms with van der Waals surface area (Å²) in [6, 6.07) is 14.4. The Balaban J connectivity index is 1.31. The van der Waals surface area contributed by atoms with E-state index < -0.39 is 29.6 Å². The van der Waals surface area contributed by atoms with E-state index in [2.05, 4.69) is 31.4 Å². The number of hydrogen-bond acceptors (Lipinski definition) is 5. The highest BCUT2D eigenvalue weighted by Crippen LogP contribution is 2.55. The fourth-order valence-corrected chi connectivity index (χ4v) is 7.37. The topological polar surface area (TPSA) is 97.0 Å². The van der Waals surface area contributed by atoms with Gasteiger partial charge in [0.15, 0.2) is 0 Å². The molecule has 1 spiro atoms. The van der Waals surface area contributed by atoms with Crippen molar-refractivity contribution in [3.05, 3.63) is 71.8 Å². The molecule has 3 aliphatic heterocycles. The predicted octanol–water partition coefficient (Wildman–Crippen LogP) is 4.80. The van der Waals surface area contributed by atoms with Crippen molar-refractivity contribution >= 4 is 23.4 Å². The Morgan fingerprint density at radius 3 is 2.57 bits per heavy atom. The van der Waals surface area contributed by atoms with Crippen molar-refractivity contribution in [3.8, 4) is 5.75 Å². The minimum absolute atomic E-state index is 0.0472. The zero-order valence-electron chi connectivity index (χ0n) is 24.8. The molecule has 8 heteroatoms. The molecule has 2 saturated heterocycles. The minimum atomic E-state index is -1.20. The normalized spacial score (nSPS) is 31.4. The number of carbonyl (C=O) groups is 3. The lowest BCUT2D eigenvalue weighted by atomic mass is 9.74. The number of nitrogens with zero attached hydrogens (tertiary/aromatic N) is 1. The van der Waals surface area contributed by atoms with E-state index >= 15 is 0 Å². The number of hydrogen-bond donors (Lipinski definition) is 2. The van der Waals surface area contributed by atoms with Gasteiger partial charge in [0.1, 0.15) is 17.4 Å². The van der Waals surface area contributed by atoms with Crippen LogP contribution in [0.2, 0.25) is 0 Å². The lowest BCUT2D eigenvalue weighted by Gasteiger charge is -2.36. The van der Waals surface area contributed by atoms with Gasteiger partial charge in [0.05, 0.1) is 25.0 Å². The maximum atomic E-state index is 14.3.